The summed E-state index contributed by atoms with van der Waals surface area (Å²) in [6.07, 6.45) is -1.36. The Bertz CT molecular complexity index is 2220. The molecule has 4 aromatic rings. The fourth-order valence-electron chi connectivity index (χ4n) is 3.72. The molecule has 0 saturated carbocycles. The molecule has 0 spiro atoms. The van der Waals surface area contributed by atoms with E-state index in [0.29, 0.717) is 12.0 Å². The maximum atomic E-state index is 13.6. The summed E-state index contributed by atoms with van der Waals surface area (Å²) >= 11 is 2.00. The molecule has 5 N–H and O–H groups in total. The summed E-state index contributed by atoms with van der Waals surface area (Å²) in [6, 6.07) is 10.3. The Balaban J connectivity index is 0.00000443. The molecule has 1 heterocycles. The van der Waals surface area contributed by atoms with Gasteiger partial charge in [0.15, 0.2) is 22.2 Å². The van der Waals surface area contributed by atoms with Gasteiger partial charge < -0.3 is 31.9 Å². The number of rotatable bonds is 17. The average Bonchev–Trinajstić information content (AvgIpc) is 3.09. The number of hydrogen-bond acceptors (Lipinski definition) is 23. The summed E-state index contributed by atoms with van der Waals surface area (Å²) in [4.78, 5) is 7.31. The molecule has 21 nitrogen and oxygen atoms in total. The van der Waals surface area contributed by atoms with Crippen LogP contribution in [0.2, 0.25) is 0 Å². The SMILES string of the molecule is Nc1c(N=Nc2ccc(S(=O)(=O)CCOSOO[O-])cc2)cc(S(=O)(=O)[O-])c(N)c1N=Nc1cc(Nc2cc(F)nc(F)n2)ccc1SOO[O-].[B]I(C)I.[Na+].[Na+].[Na+]. The minimum absolute atomic E-state index is 0. The summed E-state index contributed by atoms with van der Waals surface area (Å²) < 4.78 is 101. The minimum Gasteiger partial charge on any atom is 1.00 e. The van der Waals surface area contributed by atoms with Crippen LogP contribution < -0.4 is 116 Å². The van der Waals surface area contributed by atoms with Crippen LogP contribution in [-0.4, -0.2) is 54.3 Å². The first-order valence-electron chi connectivity index (χ1n) is 13.8. The molecule has 0 amide bonds. The van der Waals surface area contributed by atoms with Gasteiger partial charge in [-0.2, -0.15) is 28.2 Å². The number of nitrogens with zero attached hydrogens (tertiary/aromatic N) is 6. The van der Waals surface area contributed by atoms with Gasteiger partial charge in [0.2, 0.25) is 5.95 Å². The molecule has 58 heavy (non-hydrogen) atoms. The minimum atomic E-state index is -5.27. The summed E-state index contributed by atoms with van der Waals surface area (Å²) in [7, 11) is -9.11. The molecule has 0 aliphatic carbocycles. The molecule has 1 aromatic heterocycles. The van der Waals surface area contributed by atoms with Crippen LogP contribution in [-0.2, 0) is 42.9 Å². The average molecular weight is 1140 g/mol. The van der Waals surface area contributed by atoms with Gasteiger partial charge in [-0.05, 0) is 48.5 Å². The Morgan fingerprint density at radius 2 is 1.52 bits per heavy atom. The van der Waals surface area contributed by atoms with E-state index in [4.69, 9.17) is 21.4 Å². The predicted octanol–water partition coefficient (Wildman–Crippen LogP) is -4.23. The molecule has 2 radical (unpaired) electrons. The molecule has 0 bridgehead atoms. The van der Waals surface area contributed by atoms with Crippen LogP contribution in [0.3, 0.4) is 0 Å². The molecule has 0 fully saturated rings. The van der Waals surface area contributed by atoms with E-state index in [1.807, 2.05) is 0 Å². The van der Waals surface area contributed by atoms with Crippen LogP contribution in [0.5, 0.6) is 0 Å². The Hall–Kier alpha value is 0.00494. The van der Waals surface area contributed by atoms with Crippen LogP contribution >= 0.6 is 58.6 Å². The number of nitrogens with two attached hydrogens (primary N) is 2. The van der Waals surface area contributed by atoms with Gasteiger partial charge in [0.05, 0.1) is 56.2 Å². The maximum Gasteiger partial charge on any atom is 1.00 e. The molecule has 0 aliphatic rings. The summed E-state index contributed by atoms with van der Waals surface area (Å²) in [5.41, 5.74) is 15.3. The van der Waals surface area contributed by atoms with E-state index >= 15 is 0 Å². The first-order valence-corrected chi connectivity index (χ1v) is 27.9. The van der Waals surface area contributed by atoms with Crippen molar-refractivity contribution < 1.29 is 152 Å². The van der Waals surface area contributed by atoms with Crippen molar-refractivity contribution in [2.45, 2.75) is 14.7 Å². The third kappa shape index (κ3) is 19.6. The normalized spacial score (nSPS) is 11.5. The van der Waals surface area contributed by atoms with Crippen molar-refractivity contribution in [2.24, 2.45) is 20.5 Å². The number of benzene rings is 3. The van der Waals surface area contributed by atoms with Crippen molar-refractivity contribution in [1.82, 2.24) is 9.97 Å². The number of hydrogen-bond donors (Lipinski definition) is 3. The first kappa shape index (κ1) is 58.0. The molecular formula is C25H21BF2I2N9Na3O12S4. The number of aromatic nitrogens is 2. The zero-order chi connectivity index (χ0) is 40.8. The Kier molecular flexibility index (Phi) is 28.6. The van der Waals surface area contributed by atoms with Gasteiger partial charge in [0.1, 0.15) is 33.0 Å². The van der Waals surface area contributed by atoms with Gasteiger partial charge in [-0.15, -0.1) is 19.7 Å². The largest absolute Gasteiger partial charge is 1.00 e. The van der Waals surface area contributed by atoms with Crippen molar-refractivity contribution >= 4 is 130 Å². The van der Waals surface area contributed by atoms with Gasteiger partial charge in [-0.25, -0.2) is 16.8 Å². The molecule has 4 rings (SSSR count). The van der Waals surface area contributed by atoms with Crippen molar-refractivity contribution in [1.29, 1.82) is 0 Å². The van der Waals surface area contributed by atoms with Gasteiger partial charge in [0, 0.05) is 11.8 Å². The Morgan fingerprint density at radius 3 is 2.10 bits per heavy atom. The van der Waals surface area contributed by atoms with E-state index in [1.54, 1.807) is 0 Å². The standard InChI is InChI=1S/C24H21F2N9O12S4.CH3BI2.3Na/c25-19-11-20(31-24(26)30-19)29-13-3-6-17(48-46-44-36)15(9-13)33-35-23-21(27)16(10-18(22(23)28)51(40,41)42)34-32-12-1-4-14(5-2-12)50(38,39)8-7-43-49-47-45-37;1-4(2)3;;;/h1-6,9-11,36-37H,7-8,27-28H2,(H,29,30,31)(H,40,41,42);1H3;;;/q;;3*+1/p-3. The molecule has 0 atom stereocenters. The quantitative estimate of drug-likeness (QED) is 0.00733. The Labute approximate surface area is 422 Å². The maximum absolute atomic E-state index is 13.6. The van der Waals surface area contributed by atoms with Crippen LogP contribution in [0, 0.1) is 12.0 Å². The smallest absolute Gasteiger partial charge is 1.00 e. The predicted molar refractivity (Wildman–Crippen MR) is 205 cm³/mol. The molecule has 0 aliphatic heterocycles. The Morgan fingerprint density at radius 1 is 0.897 bits per heavy atom. The molecule has 3 aromatic carbocycles. The molecule has 0 unspecified atom stereocenters. The second-order valence-electron chi connectivity index (χ2n) is 9.58. The van der Waals surface area contributed by atoms with Crippen molar-refractivity contribution in [3.63, 3.8) is 0 Å². The second-order valence-corrected chi connectivity index (χ2v) is 25.4. The van der Waals surface area contributed by atoms with E-state index in [-0.39, 0.29) is 140 Å². The number of halogens is 4. The van der Waals surface area contributed by atoms with Crippen LogP contribution in [0.25, 0.3) is 0 Å². The number of nitrogen functional groups attached to an aromatic ring is 2. The van der Waals surface area contributed by atoms with E-state index in [9.17, 15) is 40.7 Å². The fraction of sp³-hybridized carbons (Fsp3) is 0.120. The van der Waals surface area contributed by atoms with Crippen molar-refractivity contribution in [3.8, 4) is 0 Å². The number of nitrogens with one attached hydrogen (secondary N) is 1. The summed E-state index contributed by atoms with van der Waals surface area (Å²) in [6.45, 7) is -0.352. The molecule has 0 saturated heterocycles. The topological polar surface area (TPSA) is 323 Å². The van der Waals surface area contributed by atoms with Gasteiger partial charge >= 0.3 is 140 Å². The zero-order valence-corrected chi connectivity index (χ0v) is 43.7. The molecule has 33 heteroatoms. The second kappa shape index (κ2) is 28.6. The van der Waals surface area contributed by atoms with Crippen molar-refractivity contribution in [3.05, 3.63) is 66.6 Å². The van der Waals surface area contributed by atoms with E-state index < -0.39 is 81.0 Å². The van der Waals surface area contributed by atoms with E-state index in [0.717, 1.165) is 12.1 Å². The van der Waals surface area contributed by atoms with Gasteiger partial charge in [-0.3, -0.25) is 14.3 Å². The van der Waals surface area contributed by atoms with Crippen LogP contribution in [0.1, 0.15) is 0 Å². The van der Waals surface area contributed by atoms with Gasteiger partial charge in [-0.1, -0.05) is 0 Å². The zero-order valence-electron chi connectivity index (χ0n) is 30.1. The number of azo groups is 2. The third-order valence-electron chi connectivity index (χ3n) is 5.91. The molecular weight excluding hydrogens is 1120 g/mol. The van der Waals surface area contributed by atoms with E-state index in [1.165, 1.54) is 42.5 Å². The molecule has 296 valence electrons. The van der Waals surface area contributed by atoms with Crippen LogP contribution in [0.4, 0.5) is 54.4 Å². The van der Waals surface area contributed by atoms with E-state index in [2.05, 4.69) is 78.0 Å². The fourth-order valence-corrected chi connectivity index (χ4v) is 6.16. The van der Waals surface area contributed by atoms with Gasteiger partial charge in [0.25, 0.3) is 0 Å². The summed E-state index contributed by atoms with van der Waals surface area (Å²) in [5, 5.41) is 44.8. The summed E-state index contributed by atoms with van der Waals surface area (Å²) in [5.74, 6) is -1.95. The monoisotopic (exact) mass is 1140 g/mol. The number of alkyl halides is 1. The van der Waals surface area contributed by atoms with Crippen molar-refractivity contribution in [2.75, 3.05) is 34.1 Å². The van der Waals surface area contributed by atoms with Crippen LogP contribution in [0.15, 0.2) is 89.7 Å². The number of anilines is 4. The number of sulfone groups is 1. The third-order valence-corrected chi connectivity index (χ3v) is 9.50. The first-order chi connectivity index (χ1) is 25.9.